The van der Waals surface area contributed by atoms with Gasteiger partial charge in [0.25, 0.3) is 0 Å². The van der Waals surface area contributed by atoms with Gasteiger partial charge in [0, 0.05) is 43.6 Å². The van der Waals surface area contributed by atoms with Crippen LogP contribution in [0.4, 0.5) is 0 Å². The van der Waals surface area contributed by atoms with Gasteiger partial charge >= 0.3 is 0 Å². The minimum absolute atomic E-state index is 0. The average molecular weight is 721 g/mol. The number of hydrogen-bond donors (Lipinski definition) is 0. The molecule has 0 aliphatic heterocycles. The first kappa shape index (κ1) is 27.3. The SMILES string of the molecule is Cc1cncc2c1nc(-c1[c-]ccc3c1oc1ccccc13)n2-c1ccccc1.[Ir].[c-]1ccccc1-c1ccccn1. The molecular formula is C36H24IrN4O-2. The van der Waals surface area contributed by atoms with Crippen LogP contribution in [0.3, 0.4) is 0 Å². The summed E-state index contributed by atoms with van der Waals surface area (Å²) in [6.45, 7) is 2.03. The van der Waals surface area contributed by atoms with Crippen LogP contribution in [0.5, 0.6) is 0 Å². The summed E-state index contributed by atoms with van der Waals surface area (Å²) in [7, 11) is 0. The van der Waals surface area contributed by atoms with Crippen LogP contribution in [-0.2, 0) is 20.1 Å². The number of pyridine rings is 2. The van der Waals surface area contributed by atoms with E-state index in [9.17, 15) is 0 Å². The van der Waals surface area contributed by atoms with E-state index in [2.05, 4.69) is 44.9 Å². The summed E-state index contributed by atoms with van der Waals surface area (Å²) in [5.74, 6) is 0.798. The van der Waals surface area contributed by atoms with Crippen molar-refractivity contribution in [2.45, 2.75) is 6.92 Å². The normalized spacial score (nSPS) is 10.8. The van der Waals surface area contributed by atoms with Crippen LogP contribution in [0.1, 0.15) is 5.56 Å². The van der Waals surface area contributed by atoms with Crippen molar-refractivity contribution in [1.29, 1.82) is 0 Å². The second-order valence-electron chi connectivity index (χ2n) is 9.62. The number of aromatic nitrogens is 4. The van der Waals surface area contributed by atoms with Crippen molar-refractivity contribution in [3.05, 3.63) is 145 Å². The maximum Gasteiger partial charge on any atom is 0.120 e. The third kappa shape index (κ3) is 5.03. The fraction of sp³-hybridized carbons (Fsp3) is 0.0278. The molecule has 4 heterocycles. The minimum atomic E-state index is 0. The number of benzene rings is 4. The molecule has 4 aromatic heterocycles. The Morgan fingerprint density at radius 3 is 2.36 bits per heavy atom. The van der Waals surface area contributed by atoms with Crippen molar-refractivity contribution in [2.24, 2.45) is 0 Å². The van der Waals surface area contributed by atoms with Crippen LogP contribution in [0.2, 0.25) is 0 Å². The predicted molar refractivity (Wildman–Crippen MR) is 164 cm³/mol. The van der Waals surface area contributed by atoms with E-state index < -0.39 is 0 Å². The molecule has 0 aliphatic carbocycles. The first-order chi connectivity index (χ1) is 20.3. The van der Waals surface area contributed by atoms with Crippen LogP contribution in [0, 0.1) is 19.1 Å². The Kier molecular flexibility index (Phi) is 7.74. The molecule has 0 amide bonds. The third-order valence-electron chi connectivity index (χ3n) is 6.98. The minimum Gasteiger partial charge on any atom is -0.501 e. The number of nitrogens with zero attached hydrogens (tertiary/aromatic N) is 4. The molecule has 0 bridgehead atoms. The van der Waals surface area contributed by atoms with Gasteiger partial charge in [-0.2, -0.15) is 0 Å². The third-order valence-corrected chi connectivity index (χ3v) is 6.98. The molecule has 5 nitrogen and oxygen atoms in total. The number of para-hydroxylation sites is 2. The van der Waals surface area contributed by atoms with Crippen LogP contribution >= 0.6 is 0 Å². The van der Waals surface area contributed by atoms with Crippen molar-refractivity contribution in [3.63, 3.8) is 0 Å². The average Bonchev–Trinajstić information content (AvgIpc) is 3.62. The first-order valence-corrected chi connectivity index (χ1v) is 13.4. The zero-order valence-corrected chi connectivity index (χ0v) is 25.0. The standard InChI is InChI=1S/C25H16N3O.C11H8N.Ir/c1-16-14-26-15-21-23(16)27-25(28(21)17-8-3-2-4-9-17)20-12-7-11-19-18-10-5-6-13-22(18)29-24(19)20;1-2-6-10(7-3-1)11-8-4-5-9-12-11;/h2-11,13-15H,1H3;1-6,8-9H;/q2*-1;. The molecule has 8 aromatic rings. The number of aryl methyl sites for hydroxylation is 1. The fourth-order valence-electron chi connectivity index (χ4n) is 5.06. The Morgan fingerprint density at radius 1 is 0.738 bits per heavy atom. The summed E-state index contributed by atoms with van der Waals surface area (Å²) < 4.78 is 8.39. The van der Waals surface area contributed by atoms with Gasteiger partial charge in [0.15, 0.2) is 0 Å². The molecule has 0 aliphatic rings. The summed E-state index contributed by atoms with van der Waals surface area (Å²) in [6.07, 6.45) is 5.50. The second-order valence-corrected chi connectivity index (χ2v) is 9.62. The van der Waals surface area contributed by atoms with Crippen LogP contribution in [0.15, 0.2) is 132 Å². The molecule has 0 fully saturated rings. The van der Waals surface area contributed by atoms with Crippen molar-refractivity contribution in [1.82, 2.24) is 19.5 Å². The number of hydrogen-bond acceptors (Lipinski definition) is 4. The van der Waals surface area contributed by atoms with Crippen LogP contribution in [-0.4, -0.2) is 19.5 Å². The van der Waals surface area contributed by atoms with Gasteiger partial charge in [-0.25, -0.2) is 0 Å². The number of rotatable bonds is 3. The van der Waals surface area contributed by atoms with Crippen LogP contribution < -0.4 is 0 Å². The summed E-state index contributed by atoms with van der Waals surface area (Å²) in [5, 5.41) is 2.16. The predicted octanol–water partition coefficient (Wildman–Crippen LogP) is 8.64. The molecular weight excluding hydrogens is 697 g/mol. The van der Waals surface area contributed by atoms with Gasteiger partial charge in [0.1, 0.15) is 5.58 Å². The van der Waals surface area contributed by atoms with E-state index in [1.54, 1.807) is 6.20 Å². The van der Waals surface area contributed by atoms with Crippen molar-refractivity contribution >= 4 is 33.0 Å². The van der Waals surface area contributed by atoms with Gasteiger partial charge in [-0.05, 0) is 42.4 Å². The summed E-state index contributed by atoms with van der Waals surface area (Å²) in [5.41, 5.74) is 8.48. The van der Waals surface area contributed by atoms with E-state index in [-0.39, 0.29) is 20.1 Å². The zero-order chi connectivity index (χ0) is 27.6. The van der Waals surface area contributed by atoms with E-state index in [1.165, 1.54) is 0 Å². The number of imidazole rings is 1. The Morgan fingerprint density at radius 2 is 1.55 bits per heavy atom. The van der Waals surface area contributed by atoms with Crippen molar-refractivity contribution in [3.8, 4) is 28.3 Å². The molecule has 42 heavy (non-hydrogen) atoms. The molecule has 4 aromatic carbocycles. The molecule has 0 saturated carbocycles. The Bertz CT molecular complexity index is 2070. The molecule has 0 spiro atoms. The molecule has 0 unspecified atom stereocenters. The fourth-order valence-corrected chi connectivity index (χ4v) is 5.06. The molecule has 1 radical (unpaired) electrons. The van der Waals surface area contributed by atoms with Gasteiger partial charge in [0.2, 0.25) is 0 Å². The quantitative estimate of drug-likeness (QED) is 0.172. The largest absolute Gasteiger partial charge is 0.501 e. The topological polar surface area (TPSA) is 56.7 Å². The second kappa shape index (κ2) is 11.9. The molecule has 0 N–H and O–H groups in total. The van der Waals surface area contributed by atoms with Crippen molar-refractivity contribution in [2.75, 3.05) is 0 Å². The number of fused-ring (bicyclic) bond motifs is 4. The van der Waals surface area contributed by atoms with Gasteiger partial charge in [-0.3, -0.25) is 9.97 Å². The maximum atomic E-state index is 6.25. The Labute approximate surface area is 256 Å². The van der Waals surface area contributed by atoms with Gasteiger partial charge in [-0.1, -0.05) is 59.5 Å². The molecule has 8 rings (SSSR count). The number of furan rings is 1. The molecule has 6 heteroatoms. The molecule has 0 atom stereocenters. The molecule has 205 valence electrons. The smallest absolute Gasteiger partial charge is 0.120 e. The summed E-state index contributed by atoms with van der Waals surface area (Å²) in [6, 6.07) is 42.5. The molecule has 0 saturated heterocycles. The van der Waals surface area contributed by atoms with E-state index in [0.29, 0.717) is 0 Å². The Hall–Kier alpha value is -4.90. The van der Waals surface area contributed by atoms with Gasteiger partial charge < -0.3 is 14.0 Å². The first-order valence-electron chi connectivity index (χ1n) is 13.4. The van der Waals surface area contributed by atoms with Crippen molar-refractivity contribution < 1.29 is 24.5 Å². The van der Waals surface area contributed by atoms with E-state index in [0.717, 1.165) is 66.9 Å². The summed E-state index contributed by atoms with van der Waals surface area (Å²) >= 11 is 0. The monoisotopic (exact) mass is 721 g/mol. The van der Waals surface area contributed by atoms with E-state index >= 15 is 0 Å². The van der Waals surface area contributed by atoms with E-state index in [4.69, 9.17) is 9.40 Å². The Balaban J connectivity index is 0.000000205. The van der Waals surface area contributed by atoms with Gasteiger partial charge in [-0.15, -0.1) is 54.1 Å². The van der Waals surface area contributed by atoms with E-state index in [1.807, 2.05) is 110 Å². The zero-order valence-electron chi connectivity index (χ0n) is 22.7. The van der Waals surface area contributed by atoms with Crippen LogP contribution in [0.25, 0.3) is 61.3 Å². The maximum absolute atomic E-state index is 6.25. The van der Waals surface area contributed by atoms with Gasteiger partial charge in [0.05, 0.1) is 28.6 Å². The summed E-state index contributed by atoms with van der Waals surface area (Å²) in [4.78, 5) is 13.6.